The van der Waals surface area contributed by atoms with E-state index in [0.29, 0.717) is 23.6 Å². The van der Waals surface area contributed by atoms with Gasteiger partial charge in [-0.1, -0.05) is 17.7 Å². The van der Waals surface area contributed by atoms with Crippen molar-refractivity contribution in [2.75, 3.05) is 18.5 Å². The van der Waals surface area contributed by atoms with Gasteiger partial charge in [-0.2, -0.15) is 5.10 Å². The first-order chi connectivity index (χ1) is 17.7. The number of hydrogen-bond acceptors (Lipinski definition) is 7. The van der Waals surface area contributed by atoms with Crippen LogP contribution in [0, 0.1) is 24.0 Å². The third-order valence-electron chi connectivity index (χ3n) is 5.19. The number of non-ortho nitro benzene ring substituents is 1. The number of carbonyl (C=O) groups excluding carboxylic acids is 2. The van der Waals surface area contributed by atoms with Gasteiger partial charge in [0.1, 0.15) is 0 Å². The first kappa shape index (κ1) is 27.2. The number of nitrogens with zero attached hydrogens (tertiary/aromatic N) is 2. The van der Waals surface area contributed by atoms with Crippen molar-refractivity contribution in [2.24, 2.45) is 5.10 Å². The van der Waals surface area contributed by atoms with Crippen LogP contribution in [0.15, 0.2) is 59.7 Å². The molecule has 0 unspecified atom stereocenters. The second kappa shape index (κ2) is 12.5. The molecule has 0 bridgehead atoms. The molecule has 2 N–H and O–H groups in total. The van der Waals surface area contributed by atoms with Crippen molar-refractivity contribution in [3.63, 3.8) is 0 Å². The number of amides is 2. The standard InChI is InChI=1S/C26H25ClN4O6/c1-4-36-23-13-18(14-28-30-26(33)19-6-9-21(10-7-19)31(34)35)12-22(27)25(23)37-15-24(32)29-20-8-5-16(2)17(3)11-20/h5-14H,4,15H2,1-3H3,(H,29,32)(H,30,33)/b28-14+. The van der Waals surface area contributed by atoms with Crippen LogP contribution in [0.3, 0.4) is 0 Å². The molecule has 0 saturated carbocycles. The normalized spacial score (nSPS) is 10.7. The molecule has 0 aromatic heterocycles. The Labute approximate surface area is 218 Å². The average molecular weight is 525 g/mol. The van der Waals surface area contributed by atoms with E-state index in [0.717, 1.165) is 11.1 Å². The number of anilines is 1. The van der Waals surface area contributed by atoms with E-state index >= 15 is 0 Å². The quantitative estimate of drug-likeness (QED) is 0.217. The Bertz CT molecular complexity index is 1340. The first-order valence-electron chi connectivity index (χ1n) is 11.2. The molecule has 10 nitrogen and oxygen atoms in total. The summed E-state index contributed by atoms with van der Waals surface area (Å²) in [6, 6.07) is 13.9. The molecule has 11 heteroatoms. The molecular weight excluding hydrogens is 500 g/mol. The van der Waals surface area contributed by atoms with Gasteiger partial charge in [-0.3, -0.25) is 19.7 Å². The molecule has 3 aromatic rings. The van der Waals surface area contributed by atoms with Crippen molar-refractivity contribution in [2.45, 2.75) is 20.8 Å². The monoisotopic (exact) mass is 524 g/mol. The fourth-order valence-corrected chi connectivity index (χ4v) is 3.46. The molecule has 0 aliphatic carbocycles. The van der Waals surface area contributed by atoms with E-state index < -0.39 is 10.8 Å². The SMILES string of the molecule is CCOc1cc(/C=N/NC(=O)c2ccc([N+](=O)[O-])cc2)cc(Cl)c1OCC(=O)Nc1ccc(C)c(C)c1. The predicted octanol–water partition coefficient (Wildman–Crippen LogP) is 5.05. The van der Waals surface area contributed by atoms with E-state index in [4.69, 9.17) is 21.1 Å². The van der Waals surface area contributed by atoms with Gasteiger partial charge in [-0.15, -0.1) is 0 Å². The van der Waals surface area contributed by atoms with Gasteiger partial charge in [0.05, 0.1) is 22.8 Å². The molecule has 0 saturated heterocycles. The minimum atomic E-state index is -0.551. The molecule has 0 fully saturated rings. The summed E-state index contributed by atoms with van der Waals surface area (Å²) >= 11 is 6.39. The van der Waals surface area contributed by atoms with E-state index in [-0.39, 0.29) is 34.5 Å². The zero-order chi connectivity index (χ0) is 26.9. The van der Waals surface area contributed by atoms with Crippen LogP contribution in [0.5, 0.6) is 11.5 Å². The summed E-state index contributed by atoms with van der Waals surface area (Å²) in [5, 5.41) is 17.6. The number of carbonyl (C=O) groups is 2. The van der Waals surface area contributed by atoms with Crippen molar-refractivity contribution in [1.29, 1.82) is 0 Å². The van der Waals surface area contributed by atoms with E-state index in [1.54, 1.807) is 19.1 Å². The molecule has 0 heterocycles. The number of nitro groups is 1. The van der Waals surface area contributed by atoms with Gasteiger partial charge in [0.15, 0.2) is 18.1 Å². The molecule has 37 heavy (non-hydrogen) atoms. The third-order valence-corrected chi connectivity index (χ3v) is 5.47. The lowest BCUT2D eigenvalue weighted by Crippen LogP contribution is -2.20. The number of benzene rings is 3. The van der Waals surface area contributed by atoms with Crippen LogP contribution < -0.4 is 20.2 Å². The first-order valence-corrected chi connectivity index (χ1v) is 11.6. The fraction of sp³-hybridized carbons (Fsp3) is 0.192. The topological polar surface area (TPSA) is 132 Å². The number of nitro benzene ring substituents is 1. The van der Waals surface area contributed by atoms with Gasteiger partial charge in [0, 0.05) is 23.4 Å². The Morgan fingerprint density at radius 2 is 1.78 bits per heavy atom. The largest absolute Gasteiger partial charge is 0.490 e. The van der Waals surface area contributed by atoms with E-state index in [1.165, 1.54) is 30.5 Å². The number of halogens is 1. The van der Waals surface area contributed by atoms with Crippen molar-refractivity contribution in [3.8, 4) is 11.5 Å². The molecule has 2 amide bonds. The summed E-state index contributed by atoms with van der Waals surface area (Å²) < 4.78 is 11.3. The zero-order valence-corrected chi connectivity index (χ0v) is 21.2. The molecule has 0 spiro atoms. The number of hydrogen-bond donors (Lipinski definition) is 2. The summed E-state index contributed by atoms with van der Waals surface area (Å²) in [4.78, 5) is 34.8. The van der Waals surface area contributed by atoms with Crippen LogP contribution in [-0.2, 0) is 4.79 Å². The van der Waals surface area contributed by atoms with Gasteiger partial charge in [0.2, 0.25) is 0 Å². The Balaban J connectivity index is 1.65. The summed E-state index contributed by atoms with van der Waals surface area (Å²) in [5.74, 6) is -0.402. The van der Waals surface area contributed by atoms with Crippen molar-refractivity contribution in [3.05, 3.63) is 92.0 Å². The Morgan fingerprint density at radius 3 is 2.43 bits per heavy atom. The van der Waals surface area contributed by atoms with E-state index in [1.807, 2.05) is 32.0 Å². The Kier molecular flexibility index (Phi) is 9.17. The van der Waals surface area contributed by atoms with Crippen LogP contribution in [0.2, 0.25) is 5.02 Å². The van der Waals surface area contributed by atoms with Gasteiger partial charge < -0.3 is 14.8 Å². The molecule has 0 atom stereocenters. The van der Waals surface area contributed by atoms with Gasteiger partial charge in [-0.25, -0.2) is 5.43 Å². The van der Waals surface area contributed by atoms with Crippen LogP contribution in [0.4, 0.5) is 11.4 Å². The molecule has 192 valence electrons. The lowest BCUT2D eigenvalue weighted by Gasteiger charge is -2.14. The molecule has 3 aromatic carbocycles. The van der Waals surface area contributed by atoms with Crippen LogP contribution in [-0.4, -0.2) is 36.2 Å². The minimum absolute atomic E-state index is 0.122. The Morgan fingerprint density at radius 1 is 1.05 bits per heavy atom. The Hall–Kier alpha value is -4.44. The molecule has 0 radical (unpaired) electrons. The maximum absolute atomic E-state index is 12.4. The number of nitrogens with one attached hydrogen (secondary N) is 2. The van der Waals surface area contributed by atoms with E-state index in [2.05, 4.69) is 15.8 Å². The van der Waals surface area contributed by atoms with Gasteiger partial charge in [-0.05, 0) is 73.9 Å². The fourth-order valence-electron chi connectivity index (χ4n) is 3.18. The number of rotatable bonds is 10. The summed E-state index contributed by atoms with van der Waals surface area (Å²) in [7, 11) is 0. The van der Waals surface area contributed by atoms with Crippen LogP contribution in [0.1, 0.15) is 34.0 Å². The zero-order valence-electron chi connectivity index (χ0n) is 20.4. The highest BCUT2D eigenvalue weighted by Crippen LogP contribution is 2.36. The lowest BCUT2D eigenvalue weighted by molar-refractivity contribution is -0.384. The molecule has 0 aliphatic rings. The molecular formula is C26H25ClN4O6. The summed E-state index contributed by atoms with van der Waals surface area (Å²) in [6.45, 7) is 5.77. The number of ether oxygens (including phenoxy) is 2. The third kappa shape index (κ3) is 7.52. The predicted molar refractivity (Wildman–Crippen MR) is 141 cm³/mol. The van der Waals surface area contributed by atoms with Gasteiger partial charge in [0.25, 0.3) is 17.5 Å². The van der Waals surface area contributed by atoms with Crippen molar-refractivity contribution >= 4 is 41.0 Å². The summed E-state index contributed by atoms with van der Waals surface area (Å²) in [6.07, 6.45) is 1.36. The van der Waals surface area contributed by atoms with E-state index in [9.17, 15) is 19.7 Å². The lowest BCUT2D eigenvalue weighted by atomic mass is 10.1. The van der Waals surface area contributed by atoms with Crippen LogP contribution in [0.25, 0.3) is 0 Å². The summed E-state index contributed by atoms with van der Waals surface area (Å²) in [5.41, 5.74) is 5.78. The highest BCUT2D eigenvalue weighted by Gasteiger charge is 2.15. The molecule has 3 rings (SSSR count). The maximum Gasteiger partial charge on any atom is 0.271 e. The molecule has 0 aliphatic heterocycles. The van der Waals surface area contributed by atoms with Crippen LogP contribution >= 0.6 is 11.6 Å². The second-order valence-corrected chi connectivity index (χ2v) is 8.31. The average Bonchev–Trinajstić information content (AvgIpc) is 2.86. The smallest absolute Gasteiger partial charge is 0.271 e. The highest BCUT2D eigenvalue weighted by atomic mass is 35.5. The minimum Gasteiger partial charge on any atom is -0.490 e. The van der Waals surface area contributed by atoms with Crippen molar-refractivity contribution < 1.29 is 24.0 Å². The maximum atomic E-state index is 12.4. The number of aryl methyl sites for hydroxylation is 2. The number of hydrazone groups is 1. The van der Waals surface area contributed by atoms with Gasteiger partial charge >= 0.3 is 0 Å². The highest BCUT2D eigenvalue weighted by molar-refractivity contribution is 6.32. The second-order valence-electron chi connectivity index (χ2n) is 7.90. The van der Waals surface area contributed by atoms with Crippen molar-refractivity contribution in [1.82, 2.24) is 5.43 Å².